The lowest BCUT2D eigenvalue weighted by atomic mass is 9.69. The molecular formula is C16H23BN2O3. The van der Waals surface area contributed by atoms with Crippen molar-refractivity contribution in [1.82, 2.24) is 0 Å². The molecule has 0 unspecified atom stereocenters. The summed E-state index contributed by atoms with van der Waals surface area (Å²) in [7, 11) is 0.0276. The molecule has 0 aliphatic carbocycles. The highest BCUT2D eigenvalue weighted by Gasteiger charge is 2.54. The molecule has 1 atom stereocenters. The first-order valence-electron chi connectivity index (χ1n) is 7.34. The van der Waals surface area contributed by atoms with Gasteiger partial charge in [0.15, 0.2) is 19.3 Å². The van der Waals surface area contributed by atoms with Crippen LogP contribution in [0.3, 0.4) is 0 Å². The lowest BCUT2D eigenvalue weighted by Crippen LogP contribution is -2.71. The van der Waals surface area contributed by atoms with E-state index in [4.69, 9.17) is 10.1 Å². The Morgan fingerprint density at radius 1 is 1.36 bits per heavy atom. The summed E-state index contributed by atoms with van der Waals surface area (Å²) in [6, 6.07) is 9.42. The quantitative estimate of drug-likeness (QED) is 0.467. The largest absolute Gasteiger partial charge is 0.520 e. The fourth-order valence-electron chi connectivity index (χ4n) is 3.29. The van der Waals surface area contributed by atoms with Crippen molar-refractivity contribution in [2.45, 2.75) is 25.0 Å². The monoisotopic (exact) mass is 302 g/mol. The second-order valence-electron chi connectivity index (χ2n) is 5.91. The van der Waals surface area contributed by atoms with E-state index in [1.54, 1.807) is 0 Å². The summed E-state index contributed by atoms with van der Waals surface area (Å²) in [5.41, 5.74) is -0.622. The van der Waals surface area contributed by atoms with E-state index in [9.17, 15) is 9.90 Å². The zero-order valence-electron chi connectivity index (χ0n) is 11.9. The predicted molar refractivity (Wildman–Crippen MR) is 86.4 cm³/mol. The number of hydrogen-bond acceptors (Lipinski definition) is 4. The third-order valence-corrected chi connectivity index (χ3v) is 4.58. The van der Waals surface area contributed by atoms with Gasteiger partial charge in [0, 0.05) is 19.0 Å². The minimum Gasteiger partial charge on any atom is -0.520 e. The number of carbonyl (C=O) groups is 1. The molecule has 0 saturated carbocycles. The van der Waals surface area contributed by atoms with Crippen LogP contribution in [0.25, 0.3) is 0 Å². The molecule has 0 aromatic heterocycles. The minimum absolute atomic E-state index is 0.0276. The van der Waals surface area contributed by atoms with Crippen LogP contribution in [0.4, 0.5) is 0 Å². The molecule has 2 bridgehead atoms. The van der Waals surface area contributed by atoms with Crippen molar-refractivity contribution in [2.24, 2.45) is 5.92 Å². The van der Waals surface area contributed by atoms with Crippen LogP contribution in [0.2, 0.25) is 0 Å². The van der Waals surface area contributed by atoms with Gasteiger partial charge in [-0.3, -0.25) is 5.41 Å². The summed E-state index contributed by atoms with van der Waals surface area (Å²) in [5.74, 6) is -0.630. The third kappa shape index (κ3) is 2.68. The van der Waals surface area contributed by atoms with Crippen LogP contribution < -0.4 is 0 Å². The molecule has 1 aromatic carbocycles. The van der Waals surface area contributed by atoms with Gasteiger partial charge in [-0.15, -0.1) is 0 Å². The van der Waals surface area contributed by atoms with Crippen molar-refractivity contribution >= 4 is 19.7 Å². The van der Waals surface area contributed by atoms with Crippen LogP contribution in [-0.2, 0) is 16.1 Å². The van der Waals surface area contributed by atoms with Crippen molar-refractivity contribution in [1.29, 1.82) is 5.41 Å². The number of ether oxygens (including phenoxy) is 1. The number of benzene rings is 1. The van der Waals surface area contributed by atoms with Crippen LogP contribution in [0.5, 0.6) is 0 Å². The molecule has 3 aliphatic heterocycles. The maximum atomic E-state index is 12.2. The maximum absolute atomic E-state index is 12.2. The van der Waals surface area contributed by atoms with E-state index in [-0.39, 0.29) is 26.2 Å². The third-order valence-electron chi connectivity index (χ3n) is 4.58. The summed E-state index contributed by atoms with van der Waals surface area (Å²) < 4.78 is 6.23. The number of esters is 1. The minimum atomic E-state index is -1.27. The lowest BCUT2D eigenvalue weighted by Gasteiger charge is -2.60. The first kappa shape index (κ1) is 15.2. The predicted octanol–water partition coefficient (Wildman–Crippen LogP) is 0.00147. The van der Waals surface area contributed by atoms with E-state index in [0.717, 1.165) is 35.9 Å². The SMILES string of the molecule is [BH3-][N+]12CCC(CC1)[C@](O)(C(=N)C(=O)OCc1ccccc1)C2. The van der Waals surface area contributed by atoms with Gasteiger partial charge in [-0.2, -0.15) is 0 Å². The Labute approximate surface area is 131 Å². The molecule has 118 valence electrons. The van der Waals surface area contributed by atoms with Crippen LogP contribution in [0, 0.1) is 11.3 Å². The summed E-state index contributed by atoms with van der Waals surface area (Å²) in [6.45, 7) is 2.95. The highest BCUT2D eigenvalue weighted by Crippen LogP contribution is 2.39. The van der Waals surface area contributed by atoms with Gasteiger partial charge >= 0.3 is 5.97 Å². The molecule has 5 nitrogen and oxygen atoms in total. The van der Waals surface area contributed by atoms with Gasteiger partial charge in [0.05, 0.1) is 6.54 Å². The number of fused-ring (bicyclic) bond motifs is 3. The fraction of sp³-hybridized carbons (Fsp3) is 0.500. The van der Waals surface area contributed by atoms with Crippen LogP contribution in [0.15, 0.2) is 30.3 Å². The van der Waals surface area contributed by atoms with E-state index in [1.165, 1.54) is 0 Å². The molecule has 3 fully saturated rings. The molecule has 4 rings (SSSR count). The normalized spacial score (nSPS) is 33.5. The molecule has 0 radical (unpaired) electrons. The van der Waals surface area contributed by atoms with Gasteiger partial charge in [0.25, 0.3) is 0 Å². The van der Waals surface area contributed by atoms with Crippen molar-refractivity contribution in [3.8, 4) is 0 Å². The maximum Gasteiger partial charge on any atom is 0.355 e. The van der Waals surface area contributed by atoms with Crippen LogP contribution in [-0.4, -0.2) is 54.4 Å². The second kappa shape index (κ2) is 5.52. The summed E-state index contributed by atoms with van der Waals surface area (Å²) >= 11 is 0. The zero-order chi connectivity index (χ0) is 15.8. The van der Waals surface area contributed by atoms with E-state index >= 15 is 0 Å². The molecular weight excluding hydrogens is 279 g/mol. The van der Waals surface area contributed by atoms with Gasteiger partial charge < -0.3 is 14.2 Å². The number of hydrogen-bond donors (Lipinski definition) is 2. The molecule has 3 saturated heterocycles. The van der Waals surface area contributed by atoms with Gasteiger partial charge in [-0.05, 0) is 18.4 Å². The standard InChI is InChI=1S/C16H23BN2O3/c17-19-8-6-13(7-9-19)16(21,11-19)14(18)15(20)22-10-12-4-2-1-3-5-12/h1-5,13,18,21H,6-11H2,17H3/t13?,16-,19?/m0/s1. The Morgan fingerprint density at radius 3 is 2.59 bits per heavy atom. The number of nitrogens with one attached hydrogen (secondary N) is 1. The number of carbonyl (C=O) groups excluding carboxylic acids is 1. The summed E-state index contributed by atoms with van der Waals surface area (Å²) in [6.07, 6.45) is 1.85. The van der Waals surface area contributed by atoms with Crippen molar-refractivity contribution < 1.29 is 19.0 Å². The number of piperidine rings is 3. The summed E-state index contributed by atoms with van der Waals surface area (Å²) in [4.78, 5) is 12.2. The highest BCUT2D eigenvalue weighted by atomic mass is 16.5. The van der Waals surface area contributed by atoms with Gasteiger partial charge in [0.1, 0.15) is 6.61 Å². The average molecular weight is 302 g/mol. The van der Waals surface area contributed by atoms with Crippen molar-refractivity contribution in [3.63, 3.8) is 0 Å². The second-order valence-corrected chi connectivity index (χ2v) is 5.91. The van der Waals surface area contributed by atoms with Crippen LogP contribution in [0.1, 0.15) is 18.4 Å². The molecule has 6 heteroatoms. The van der Waals surface area contributed by atoms with Gasteiger partial charge in [-0.25, -0.2) is 4.79 Å². The summed E-state index contributed by atoms with van der Waals surface area (Å²) in [5, 5.41) is 19.1. The number of aliphatic hydroxyl groups is 1. The molecule has 0 spiro atoms. The Morgan fingerprint density at radius 2 is 2.00 bits per heavy atom. The van der Waals surface area contributed by atoms with E-state index < -0.39 is 11.6 Å². The molecule has 1 aromatic rings. The molecule has 22 heavy (non-hydrogen) atoms. The smallest absolute Gasteiger partial charge is 0.355 e. The lowest BCUT2D eigenvalue weighted by molar-refractivity contribution is -0.844. The van der Waals surface area contributed by atoms with Crippen molar-refractivity contribution in [2.75, 3.05) is 19.6 Å². The topological polar surface area (TPSA) is 70.4 Å². The molecule has 0 amide bonds. The molecule has 3 heterocycles. The Bertz CT molecular complexity index is 584. The van der Waals surface area contributed by atoms with Gasteiger partial charge in [-0.1, -0.05) is 30.3 Å². The van der Waals surface area contributed by atoms with Crippen molar-refractivity contribution in [3.05, 3.63) is 35.9 Å². The van der Waals surface area contributed by atoms with E-state index in [2.05, 4.69) is 0 Å². The van der Waals surface area contributed by atoms with Crippen LogP contribution >= 0.6 is 0 Å². The zero-order valence-corrected chi connectivity index (χ0v) is 11.9. The fourth-order valence-corrected chi connectivity index (χ4v) is 3.29. The highest BCUT2D eigenvalue weighted by molar-refractivity contribution is 6.38. The number of nitrogens with zero attached hydrogens (tertiary/aromatic N) is 1. The Kier molecular flexibility index (Phi) is 3.83. The number of rotatable bonds is 4. The van der Waals surface area contributed by atoms with E-state index in [0.29, 0.717) is 6.54 Å². The van der Waals surface area contributed by atoms with Gasteiger partial charge in [0.2, 0.25) is 0 Å². The number of quaternary nitrogens is 1. The molecule has 3 aliphatic rings. The van der Waals surface area contributed by atoms with E-state index in [1.807, 2.05) is 30.3 Å². The Hall–Kier alpha value is -1.66. The first-order chi connectivity index (χ1) is 10.4. The Balaban J connectivity index is 1.67. The average Bonchev–Trinajstić information content (AvgIpc) is 2.52. The first-order valence-corrected chi connectivity index (χ1v) is 7.34. The molecule has 2 N–H and O–H groups in total.